The third-order valence-corrected chi connectivity index (χ3v) is 4.43. The first kappa shape index (κ1) is 12.9. The summed E-state index contributed by atoms with van der Waals surface area (Å²) in [5.74, 6) is -0.383. The third-order valence-electron chi connectivity index (χ3n) is 3.37. The highest BCUT2D eigenvalue weighted by Gasteiger charge is 2.23. The van der Waals surface area contributed by atoms with Crippen LogP contribution >= 0.6 is 0 Å². The third kappa shape index (κ3) is 2.03. The topological polar surface area (TPSA) is 76.9 Å². The Labute approximate surface area is 128 Å². The number of fused-ring (bicyclic) bond motifs is 1. The van der Waals surface area contributed by atoms with Crippen molar-refractivity contribution in [3.8, 4) is 11.3 Å². The fraction of sp³-hybridized carbons (Fsp3) is 0. The molecule has 1 atom stereocenters. The van der Waals surface area contributed by atoms with Gasteiger partial charge in [0.05, 0.1) is 23.6 Å². The van der Waals surface area contributed by atoms with E-state index in [-0.39, 0.29) is 5.91 Å². The summed E-state index contributed by atoms with van der Waals surface area (Å²) >= 11 is 0. The average Bonchev–Trinajstić information content (AvgIpc) is 3.10. The van der Waals surface area contributed by atoms with Gasteiger partial charge in [0.1, 0.15) is 0 Å². The van der Waals surface area contributed by atoms with E-state index in [0.29, 0.717) is 10.5 Å². The van der Waals surface area contributed by atoms with Gasteiger partial charge in [-0.25, -0.2) is 8.89 Å². The van der Waals surface area contributed by atoms with E-state index in [2.05, 4.69) is 14.8 Å². The molecule has 2 aromatic heterocycles. The number of carbonyl (C=O) groups is 1. The van der Waals surface area contributed by atoms with Crippen LogP contribution in [0.2, 0.25) is 0 Å². The van der Waals surface area contributed by atoms with Crippen molar-refractivity contribution in [2.75, 3.05) is 0 Å². The van der Waals surface area contributed by atoms with E-state index in [1.54, 1.807) is 12.4 Å². The van der Waals surface area contributed by atoms with Gasteiger partial charge in [0, 0.05) is 17.0 Å². The molecule has 22 heavy (non-hydrogen) atoms. The number of nitrogens with one attached hydrogen (secondary N) is 1. The SMILES string of the molecule is O=C1C=C(n2ncc3cc(-c4ccccc4)ncc32)S(=O)N1. The van der Waals surface area contributed by atoms with Gasteiger partial charge in [0.25, 0.3) is 5.91 Å². The molecule has 0 saturated heterocycles. The first-order valence-corrected chi connectivity index (χ1v) is 7.71. The minimum absolute atomic E-state index is 0.314. The zero-order chi connectivity index (χ0) is 15.1. The van der Waals surface area contributed by atoms with Crippen molar-refractivity contribution < 1.29 is 9.00 Å². The highest BCUT2D eigenvalue weighted by atomic mass is 32.2. The van der Waals surface area contributed by atoms with Crippen LogP contribution in [0.25, 0.3) is 27.2 Å². The molecule has 0 aliphatic carbocycles. The standard InChI is InChI=1S/C15H10N4O2S/c20-14-7-15(22(21)18-14)19-13-9-16-12(6-11(13)8-17-19)10-4-2-1-3-5-10/h1-9H,(H,18,20). The van der Waals surface area contributed by atoms with Crippen molar-refractivity contribution in [2.45, 2.75) is 0 Å². The molecule has 0 bridgehead atoms. The molecule has 7 heteroatoms. The number of hydrogen-bond donors (Lipinski definition) is 1. The fourth-order valence-electron chi connectivity index (χ4n) is 2.35. The maximum Gasteiger partial charge on any atom is 0.258 e. The molecular weight excluding hydrogens is 300 g/mol. The Balaban J connectivity index is 1.83. The molecule has 0 saturated carbocycles. The first-order valence-electron chi connectivity index (χ1n) is 6.56. The van der Waals surface area contributed by atoms with Crippen LogP contribution in [0.1, 0.15) is 0 Å². The van der Waals surface area contributed by atoms with Crippen molar-refractivity contribution in [2.24, 2.45) is 0 Å². The lowest BCUT2D eigenvalue weighted by Gasteiger charge is -2.04. The number of benzene rings is 1. The van der Waals surface area contributed by atoms with Gasteiger partial charge in [-0.2, -0.15) is 5.10 Å². The number of nitrogens with zero attached hydrogens (tertiary/aromatic N) is 3. The Hall–Kier alpha value is -2.80. The van der Waals surface area contributed by atoms with Crippen LogP contribution in [0.3, 0.4) is 0 Å². The molecule has 3 heterocycles. The van der Waals surface area contributed by atoms with Crippen LogP contribution in [0.5, 0.6) is 0 Å². The molecule has 1 N–H and O–H groups in total. The Kier molecular flexibility index (Phi) is 2.87. The molecule has 1 aliphatic heterocycles. The number of amides is 1. The molecule has 4 rings (SSSR count). The smallest absolute Gasteiger partial charge is 0.258 e. The second kappa shape index (κ2) is 4.88. The van der Waals surface area contributed by atoms with Crippen molar-refractivity contribution in [3.05, 3.63) is 54.9 Å². The Morgan fingerprint density at radius 2 is 1.95 bits per heavy atom. The lowest BCUT2D eigenvalue weighted by Crippen LogP contribution is -2.17. The summed E-state index contributed by atoms with van der Waals surface area (Å²) < 4.78 is 15.6. The normalized spacial score (nSPS) is 17.5. The van der Waals surface area contributed by atoms with Gasteiger partial charge in [-0.15, -0.1) is 0 Å². The molecule has 0 fully saturated rings. The molecule has 1 unspecified atom stereocenters. The molecule has 0 spiro atoms. The van der Waals surface area contributed by atoms with Crippen LogP contribution in [0, 0.1) is 0 Å². The molecule has 0 radical (unpaired) electrons. The molecule has 108 valence electrons. The Bertz CT molecular complexity index is 947. The number of hydrogen-bond acceptors (Lipinski definition) is 4. The lowest BCUT2D eigenvalue weighted by molar-refractivity contribution is -0.114. The predicted octanol–water partition coefficient (Wildman–Crippen LogP) is 1.69. The van der Waals surface area contributed by atoms with Crippen LogP contribution < -0.4 is 4.72 Å². The van der Waals surface area contributed by atoms with E-state index in [1.807, 2.05) is 36.4 Å². The zero-order valence-electron chi connectivity index (χ0n) is 11.3. The summed E-state index contributed by atoms with van der Waals surface area (Å²) in [7, 11) is -1.58. The van der Waals surface area contributed by atoms with E-state index in [1.165, 1.54) is 10.8 Å². The largest absolute Gasteiger partial charge is 0.269 e. The summed E-state index contributed by atoms with van der Waals surface area (Å²) in [4.78, 5) is 15.7. The van der Waals surface area contributed by atoms with E-state index in [9.17, 15) is 9.00 Å². The molecule has 6 nitrogen and oxygen atoms in total. The molecule has 1 aromatic carbocycles. The predicted molar refractivity (Wildman–Crippen MR) is 83.5 cm³/mol. The maximum atomic E-state index is 11.8. The van der Waals surface area contributed by atoms with Crippen LogP contribution in [-0.2, 0) is 15.8 Å². The van der Waals surface area contributed by atoms with E-state index in [4.69, 9.17) is 0 Å². The van der Waals surface area contributed by atoms with E-state index >= 15 is 0 Å². The lowest BCUT2D eigenvalue weighted by atomic mass is 10.1. The van der Waals surface area contributed by atoms with Gasteiger partial charge >= 0.3 is 0 Å². The number of pyridine rings is 1. The maximum absolute atomic E-state index is 11.8. The zero-order valence-corrected chi connectivity index (χ0v) is 12.1. The second-order valence-corrected chi connectivity index (χ2v) is 5.93. The van der Waals surface area contributed by atoms with E-state index < -0.39 is 11.0 Å². The minimum Gasteiger partial charge on any atom is -0.269 e. The molecule has 1 aliphatic rings. The van der Waals surface area contributed by atoms with E-state index in [0.717, 1.165) is 16.6 Å². The summed E-state index contributed by atoms with van der Waals surface area (Å²) in [6.07, 6.45) is 4.63. The van der Waals surface area contributed by atoms with Gasteiger partial charge in [-0.05, 0) is 6.07 Å². The first-order chi connectivity index (χ1) is 10.7. The fourth-order valence-corrected chi connectivity index (χ4v) is 3.21. The number of rotatable bonds is 2. The second-order valence-electron chi connectivity index (χ2n) is 4.77. The van der Waals surface area contributed by atoms with Gasteiger partial charge in [0.15, 0.2) is 16.0 Å². The van der Waals surface area contributed by atoms with Crippen molar-refractivity contribution in [3.63, 3.8) is 0 Å². The Morgan fingerprint density at radius 1 is 1.14 bits per heavy atom. The molecule has 3 aromatic rings. The van der Waals surface area contributed by atoms with Gasteiger partial charge in [-0.3, -0.25) is 14.5 Å². The molecular formula is C15H10N4O2S. The minimum atomic E-state index is -1.58. The van der Waals surface area contributed by atoms with Crippen molar-refractivity contribution in [1.82, 2.24) is 19.5 Å². The van der Waals surface area contributed by atoms with Gasteiger partial charge < -0.3 is 0 Å². The summed E-state index contributed by atoms with van der Waals surface area (Å²) in [5.41, 5.74) is 2.55. The highest BCUT2D eigenvalue weighted by Crippen LogP contribution is 2.24. The number of carbonyl (C=O) groups excluding carboxylic acids is 1. The van der Waals surface area contributed by atoms with Crippen molar-refractivity contribution in [1.29, 1.82) is 0 Å². The summed E-state index contributed by atoms with van der Waals surface area (Å²) in [5, 5.41) is 5.40. The quantitative estimate of drug-likeness (QED) is 0.781. The van der Waals surface area contributed by atoms with Gasteiger partial charge in [0.2, 0.25) is 0 Å². The average molecular weight is 310 g/mol. The van der Waals surface area contributed by atoms with Crippen LogP contribution in [-0.4, -0.2) is 24.9 Å². The van der Waals surface area contributed by atoms with Crippen LogP contribution in [0.15, 0.2) is 54.9 Å². The summed E-state index contributed by atoms with van der Waals surface area (Å²) in [6, 6.07) is 11.7. The monoisotopic (exact) mass is 310 g/mol. The van der Waals surface area contributed by atoms with Gasteiger partial charge in [-0.1, -0.05) is 30.3 Å². The number of aromatic nitrogens is 3. The highest BCUT2D eigenvalue weighted by molar-refractivity contribution is 7.93. The molecule has 1 amide bonds. The summed E-state index contributed by atoms with van der Waals surface area (Å²) in [6.45, 7) is 0. The Morgan fingerprint density at radius 3 is 2.68 bits per heavy atom. The van der Waals surface area contributed by atoms with Crippen molar-refractivity contribution >= 4 is 32.8 Å². The van der Waals surface area contributed by atoms with Crippen LogP contribution in [0.4, 0.5) is 0 Å².